The predicted molar refractivity (Wildman–Crippen MR) is 164 cm³/mol. The van der Waals surface area contributed by atoms with Crippen molar-refractivity contribution < 1.29 is 19.7 Å². The average Bonchev–Trinajstić information content (AvgIpc) is 3.67. The molecule has 0 aliphatic heterocycles. The van der Waals surface area contributed by atoms with Gasteiger partial charge in [-0.2, -0.15) is 20.2 Å². The number of aromatic nitrogens is 8. The summed E-state index contributed by atoms with van der Waals surface area (Å²) in [7, 11) is 3.26. The Morgan fingerprint density at radius 1 is 0.791 bits per heavy atom. The van der Waals surface area contributed by atoms with E-state index in [1.807, 2.05) is 48.5 Å². The van der Waals surface area contributed by atoms with Crippen molar-refractivity contribution in [3.8, 4) is 34.0 Å². The van der Waals surface area contributed by atoms with E-state index >= 15 is 0 Å². The number of methoxy groups -OCH3 is 2. The zero-order valence-electron chi connectivity index (χ0n) is 23.5. The second kappa shape index (κ2) is 15.4. The van der Waals surface area contributed by atoms with Crippen LogP contribution >= 0.6 is 11.6 Å². The zero-order valence-corrected chi connectivity index (χ0v) is 24.2. The van der Waals surface area contributed by atoms with Gasteiger partial charge in [-0.3, -0.25) is 10.2 Å². The highest BCUT2D eigenvalue weighted by molar-refractivity contribution is 6.28. The van der Waals surface area contributed by atoms with Gasteiger partial charge in [-0.1, -0.05) is 24.3 Å². The van der Waals surface area contributed by atoms with Crippen LogP contribution in [0.4, 0.5) is 5.95 Å². The molecule has 4 heterocycles. The van der Waals surface area contributed by atoms with Gasteiger partial charge < -0.3 is 30.7 Å². The highest BCUT2D eigenvalue weighted by Gasteiger charge is 2.14. The maximum Gasteiger partial charge on any atom is 0.224 e. The van der Waals surface area contributed by atoms with Crippen molar-refractivity contribution in [3.05, 3.63) is 66.2 Å². The number of aliphatic hydroxyl groups is 2. The SMILES string of the molecule is COc1ccccc1-c1[nH]nc2nc(Cl)ncc12.COc1ccccc1-c1[nH]nc2nc(NCCO)ncc12.NCCO. The Kier molecular flexibility index (Phi) is 11.1. The number of aliphatic hydroxyl groups excluding tert-OH is 2. The Labute approximate surface area is 251 Å². The summed E-state index contributed by atoms with van der Waals surface area (Å²) in [5.74, 6) is 1.96. The molecule has 0 amide bonds. The average molecular weight is 607 g/mol. The van der Waals surface area contributed by atoms with E-state index in [-0.39, 0.29) is 18.5 Å². The van der Waals surface area contributed by atoms with Crippen LogP contribution in [-0.4, -0.2) is 91.1 Å². The minimum Gasteiger partial charge on any atom is -0.496 e. The largest absolute Gasteiger partial charge is 0.496 e. The van der Waals surface area contributed by atoms with E-state index < -0.39 is 0 Å². The lowest BCUT2D eigenvalue weighted by Gasteiger charge is -2.06. The summed E-state index contributed by atoms with van der Waals surface area (Å²) in [4.78, 5) is 16.5. The van der Waals surface area contributed by atoms with E-state index in [1.165, 1.54) is 0 Å². The van der Waals surface area contributed by atoms with Crippen LogP contribution in [-0.2, 0) is 0 Å². The molecule has 0 fully saturated rings. The number of aromatic amines is 2. The molecule has 6 aromatic rings. The summed E-state index contributed by atoms with van der Waals surface area (Å²) in [6, 6.07) is 15.4. The third-order valence-electron chi connectivity index (χ3n) is 5.87. The number of anilines is 1. The first-order chi connectivity index (χ1) is 21.0. The molecule has 0 unspecified atom stereocenters. The lowest BCUT2D eigenvalue weighted by atomic mass is 10.1. The first-order valence-corrected chi connectivity index (χ1v) is 13.4. The van der Waals surface area contributed by atoms with Gasteiger partial charge in [0.15, 0.2) is 11.3 Å². The highest BCUT2D eigenvalue weighted by atomic mass is 35.5. The summed E-state index contributed by atoms with van der Waals surface area (Å²) in [6.07, 6.45) is 3.35. The van der Waals surface area contributed by atoms with Crippen LogP contribution in [0, 0.1) is 0 Å². The predicted octanol–water partition coefficient (Wildman–Crippen LogP) is 3.05. The van der Waals surface area contributed by atoms with Gasteiger partial charge >= 0.3 is 0 Å². The second-order valence-corrected chi connectivity index (χ2v) is 8.91. The van der Waals surface area contributed by atoms with Crippen molar-refractivity contribution in [2.45, 2.75) is 0 Å². The van der Waals surface area contributed by atoms with Gasteiger partial charge in [0, 0.05) is 36.6 Å². The van der Waals surface area contributed by atoms with Crippen molar-refractivity contribution in [1.82, 2.24) is 40.3 Å². The standard InChI is InChI=1S/C14H15N5O2.C12H9ClN4O.C2H7NO/c1-21-11-5-3-2-4-9(11)12-10-8-16-14(15-6-7-20)17-13(10)19-18-12;1-18-9-5-3-2-4-7(9)10-8-6-14-12(13)15-11(8)17-16-10;3-1-2-4/h2-5,8,20H,6-7H2,1H3,(H2,15,16,17,18,19);2-6H,1H3,(H,14,15,16,17);4H,1-3H2. The molecule has 0 aliphatic rings. The topological polar surface area (TPSA) is 206 Å². The van der Waals surface area contributed by atoms with Gasteiger partial charge in [-0.05, 0) is 35.9 Å². The lowest BCUT2D eigenvalue weighted by Crippen LogP contribution is -2.08. The zero-order chi connectivity index (χ0) is 30.6. The number of hydrogen-bond acceptors (Lipinski definition) is 12. The van der Waals surface area contributed by atoms with Crippen LogP contribution in [0.5, 0.6) is 11.5 Å². The van der Waals surface area contributed by atoms with Gasteiger partial charge in [0.05, 0.1) is 49.6 Å². The molecule has 0 spiro atoms. The van der Waals surface area contributed by atoms with E-state index in [2.05, 4.69) is 45.6 Å². The fraction of sp³-hybridized carbons (Fsp3) is 0.214. The van der Waals surface area contributed by atoms with Gasteiger partial charge in [0.2, 0.25) is 11.2 Å². The summed E-state index contributed by atoms with van der Waals surface area (Å²) in [6.45, 7) is 0.893. The van der Waals surface area contributed by atoms with E-state index in [9.17, 15) is 0 Å². The van der Waals surface area contributed by atoms with Crippen molar-refractivity contribution in [3.63, 3.8) is 0 Å². The number of nitrogens with two attached hydrogens (primary N) is 1. The highest BCUT2D eigenvalue weighted by Crippen LogP contribution is 2.33. The Morgan fingerprint density at radius 2 is 1.30 bits per heavy atom. The normalized spacial score (nSPS) is 10.5. The Morgan fingerprint density at radius 3 is 1.81 bits per heavy atom. The molecule has 0 aliphatic carbocycles. The van der Waals surface area contributed by atoms with Crippen LogP contribution in [0.3, 0.4) is 0 Å². The Bertz CT molecular complexity index is 1760. The van der Waals surface area contributed by atoms with Gasteiger partial charge in [-0.15, -0.1) is 0 Å². The third kappa shape index (κ3) is 7.50. The fourth-order valence-electron chi connectivity index (χ4n) is 3.95. The molecule has 0 atom stereocenters. The van der Waals surface area contributed by atoms with Crippen molar-refractivity contribution in [2.24, 2.45) is 5.73 Å². The molecule has 0 radical (unpaired) electrons. The van der Waals surface area contributed by atoms with E-state index in [0.717, 1.165) is 44.8 Å². The number of fused-ring (bicyclic) bond motifs is 2. The number of nitrogens with zero attached hydrogens (tertiary/aromatic N) is 6. The summed E-state index contributed by atoms with van der Waals surface area (Å²) >= 11 is 5.73. The Hall–Kier alpha value is -4.89. The number of rotatable bonds is 8. The number of nitrogens with one attached hydrogen (secondary N) is 3. The van der Waals surface area contributed by atoms with Crippen LogP contribution in [0.25, 0.3) is 44.6 Å². The van der Waals surface area contributed by atoms with Gasteiger partial charge in [0.25, 0.3) is 0 Å². The lowest BCUT2D eigenvalue weighted by molar-refractivity contribution is 0.306. The van der Waals surface area contributed by atoms with Crippen LogP contribution in [0.2, 0.25) is 5.28 Å². The molecule has 7 N–H and O–H groups in total. The molecule has 14 nitrogen and oxygen atoms in total. The molecular formula is C28H31ClN10O4. The van der Waals surface area contributed by atoms with E-state index in [1.54, 1.807) is 26.6 Å². The van der Waals surface area contributed by atoms with Crippen LogP contribution in [0.1, 0.15) is 0 Å². The molecule has 15 heteroatoms. The van der Waals surface area contributed by atoms with E-state index in [0.29, 0.717) is 30.3 Å². The summed E-state index contributed by atoms with van der Waals surface area (Å²) in [5, 5.41) is 35.5. The number of hydrogen-bond donors (Lipinski definition) is 6. The van der Waals surface area contributed by atoms with E-state index in [4.69, 9.17) is 37.0 Å². The summed E-state index contributed by atoms with van der Waals surface area (Å²) in [5.41, 5.74) is 9.33. The van der Waals surface area contributed by atoms with Gasteiger partial charge in [-0.25, -0.2) is 9.97 Å². The van der Waals surface area contributed by atoms with Crippen LogP contribution < -0.4 is 20.5 Å². The first kappa shape index (κ1) is 31.1. The monoisotopic (exact) mass is 606 g/mol. The minimum absolute atomic E-state index is 0.0222. The third-order valence-corrected chi connectivity index (χ3v) is 6.05. The maximum atomic E-state index is 8.80. The molecular weight excluding hydrogens is 576 g/mol. The summed E-state index contributed by atoms with van der Waals surface area (Å²) < 4.78 is 10.7. The maximum absolute atomic E-state index is 8.80. The fourth-order valence-corrected chi connectivity index (χ4v) is 4.08. The molecule has 0 saturated carbocycles. The molecule has 0 bridgehead atoms. The van der Waals surface area contributed by atoms with Gasteiger partial charge in [0.1, 0.15) is 11.5 Å². The second-order valence-electron chi connectivity index (χ2n) is 8.57. The Balaban J connectivity index is 0.000000177. The number of ether oxygens (including phenoxy) is 2. The molecule has 224 valence electrons. The molecule has 4 aromatic heterocycles. The number of H-pyrrole nitrogens is 2. The van der Waals surface area contributed by atoms with Crippen molar-refractivity contribution in [1.29, 1.82) is 0 Å². The first-order valence-electron chi connectivity index (χ1n) is 13.0. The van der Waals surface area contributed by atoms with Crippen LogP contribution in [0.15, 0.2) is 60.9 Å². The molecule has 43 heavy (non-hydrogen) atoms. The number of para-hydroxylation sites is 2. The molecule has 6 rings (SSSR count). The van der Waals surface area contributed by atoms with Crippen molar-refractivity contribution >= 4 is 39.6 Å². The minimum atomic E-state index is 0.0222. The quantitative estimate of drug-likeness (QED) is 0.138. The smallest absolute Gasteiger partial charge is 0.224 e. The molecule has 0 saturated heterocycles. The number of benzene rings is 2. The van der Waals surface area contributed by atoms with Crippen molar-refractivity contribution in [2.75, 3.05) is 45.8 Å². The molecule has 2 aromatic carbocycles. The number of halogens is 1.